The van der Waals surface area contributed by atoms with Crippen molar-refractivity contribution >= 4 is 33.0 Å². The van der Waals surface area contributed by atoms with Crippen LogP contribution in [0.5, 0.6) is 0 Å². The topological polar surface area (TPSA) is 97.6 Å². The third kappa shape index (κ3) is 3.38. The van der Waals surface area contributed by atoms with Crippen molar-refractivity contribution in [2.75, 3.05) is 18.1 Å². The Morgan fingerprint density at radius 3 is 2.64 bits per heavy atom. The first kappa shape index (κ1) is 16.7. The van der Waals surface area contributed by atoms with Crippen LogP contribution >= 0.6 is 11.6 Å². The highest BCUT2D eigenvalue weighted by Crippen LogP contribution is 2.26. The molecule has 0 bridgehead atoms. The lowest BCUT2D eigenvalue weighted by Gasteiger charge is -2.27. The first-order valence-electron chi connectivity index (χ1n) is 6.70. The van der Waals surface area contributed by atoms with Crippen LogP contribution in [0.15, 0.2) is 18.2 Å². The minimum Gasteiger partial charge on any atom is -0.335 e. The minimum atomic E-state index is -3.11. The van der Waals surface area contributed by atoms with Gasteiger partial charge in [0.05, 0.1) is 27.0 Å². The average Bonchev–Trinajstić information content (AvgIpc) is 2.79. The zero-order valence-electron chi connectivity index (χ0n) is 11.9. The maximum absolute atomic E-state index is 12.6. The summed E-state index contributed by atoms with van der Waals surface area (Å²) in [5.74, 6) is -0.406. The van der Waals surface area contributed by atoms with Crippen LogP contribution in [-0.4, -0.2) is 48.2 Å². The van der Waals surface area contributed by atoms with Crippen molar-refractivity contribution < 1.29 is 18.1 Å². The van der Waals surface area contributed by atoms with E-state index in [-0.39, 0.29) is 33.8 Å². The third-order valence-electron chi connectivity index (χ3n) is 3.64. The fraction of sp³-hybridized carbons (Fsp3) is 0.462. The van der Waals surface area contributed by atoms with Gasteiger partial charge in [0, 0.05) is 24.7 Å². The molecule has 1 atom stereocenters. The van der Waals surface area contributed by atoms with Gasteiger partial charge in [-0.2, -0.15) is 0 Å². The highest BCUT2D eigenvalue weighted by atomic mass is 35.5. The van der Waals surface area contributed by atoms with E-state index >= 15 is 0 Å². The van der Waals surface area contributed by atoms with Crippen molar-refractivity contribution in [3.05, 3.63) is 38.9 Å². The van der Waals surface area contributed by atoms with Crippen molar-refractivity contribution in [1.82, 2.24) is 4.90 Å². The number of sulfone groups is 1. The molecule has 0 spiro atoms. The number of hydrogen-bond acceptors (Lipinski definition) is 5. The second-order valence-corrected chi connectivity index (χ2v) is 7.71. The number of carbonyl (C=O) groups excluding carboxylic acids is 1. The molecule has 1 aliphatic rings. The smallest absolute Gasteiger partial charge is 0.270 e. The number of non-ortho nitro benzene ring substituents is 1. The molecular formula is C13H15ClN2O5S. The standard InChI is InChI=1S/C13H15ClN2O5S/c1-2-15(10-5-6-22(20,21)8-10)13(17)11-4-3-9(16(18)19)7-12(11)14/h3-4,7,10H,2,5-6,8H2,1H3/t10-/m1/s1. The van der Waals surface area contributed by atoms with Gasteiger partial charge in [-0.25, -0.2) is 8.42 Å². The number of nitro groups is 1. The number of amides is 1. The van der Waals surface area contributed by atoms with Crippen LogP contribution in [0.2, 0.25) is 5.02 Å². The summed E-state index contributed by atoms with van der Waals surface area (Å²) in [6.07, 6.45) is 0.395. The molecule has 0 saturated carbocycles. The SMILES string of the molecule is CCN(C(=O)c1ccc([N+](=O)[O-])cc1Cl)[C@@H]1CCS(=O)(=O)C1. The van der Waals surface area contributed by atoms with Gasteiger partial charge < -0.3 is 4.90 Å². The van der Waals surface area contributed by atoms with Gasteiger partial charge >= 0.3 is 0 Å². The van der Waals surface area contributed by atoms with Crippen LogP contribution in [0, 0.1) is 10.1 Å². The molecule has 120 valence electrons. The van der Waals surface area contributed by atoms with Gasteiger partial charge in [-0.1, -0.05) is 11.6 Å². The molecule has 1 aliphatic heterocycles. The van der Waals surface area contributed by atoms with Gasteiger partial charge in [-0.15, -0.1) is 0 Å². The Labute approximate surface area is 132 Å². The van der Waals surface area contributed by atoms with E-state index in [1.165, 1.54) is 17.0 Å². The van der Waals surface area contributed by atoms with Crippen LogP contribution in [-0.2, 0) is 9.84 Å². The number of hydrogen-bond donors (Lipinski definition) is 0. The van der Waals surface area contributed by atoms with Crippen molar-refractivity contribution in [3.63, 3.8) is 0 Å². The zero-order chi connectivity index (χ0) is 16.5. The van der Waals surface area contributed by atoms with Crippen molar-refractivity contribution in [2.45, 2.75) is 19.4 Å². The average molecular weight is 347 g/mol. The van der Waals surface area contributed by atoms with Crippen molar-refractivity contribution in [1.29, 1.82) is 0 Å². The van der Waals surface area contributed by atoms with Crippen LogP contribution in [0.3, 0.4) is 0 Å². The summed E-state index contributed by atoms with van der Waals surface area (Å²) in [5, 5.41) is 10.7. The molecule has 0 aromatic heterocycles. The lowest BCUT2D eigenvalue weighted by Crippen LogP contribution is -2.41. The molecule has 1 aromatic rings. The summed E-state index contributed by atoms with van der Waals surface area (Å²) in [7, 11) is -3.11. The Hall–Kier alpha value is -1.67. The summed E-state index contributed by atoms with van der Waals surface area (Å²) in [6, 6.07) is 3.25. The Kier molecular flexibility index (Phi) is 4.72. The van der Waals surface area contributed by atoms with E-state index in [0.717, 1.165) is 6.07 Å². The molecule has 7 nitrogen and oxygen atoms in total. The number of rotatable bonds is 4. The maximum atomic E-state index is 12.6. The predicted molar refractivity (Wildman–Crippen MR) is 81.9 cm³/mol. The molecule has 1 heterocycles. The fourth-order valence-electron chi connectivity index (χ4n) is 2.53. The van der Waals surface area contributed by atoms with E-state index in [1.807, 2.05) is 0 Å². The molecule has 22 heavy (non-hydrogen) atoms. The summed E-state index contributed by atoms with van der Waals surface area (Å²) in [4.78, 5) is 24.1. The van der Waals surface area contributed by atoms with E-state index in [1.54, 1.807) is 6.92 Å². The molecule has 0 radical (unpaired) electrons. The fourth-order valence-corrected chi connectivity index (χ4v) is 4.52. The first-order valence-corrected chi connectivity index (χ1v) is 8.90. The number of nitro benzene ring substituents is 1. The molecule has 0 unspecified atom stereocenters. The molecule has 9 heteroatoms. The third-order valence-corrected chi connectivity index (χ3v) is 5.71. The monoisotopic (exact) mass is 346 g/mol. The van der Waals surface area contributed by atoms with E-state index in [0.29, 0.717) is 13.0 Å². The summed E-state index contributed by atoms with van der Waals surface area (Å²) < 4.78 is 23.1. The van der Waals surface area contributed by atoms with Gasteiger partial charge in [0.15, 0.2) is 9.84 Å². The normalized spacial score (nSPS) is 19.8. The lowest BCUT2D eigenvalue weighted by molar-refractivity contribution is -0.384. The van der Waals surface area contributed by atoms with Crippen LogP contribution in [0.4, 0.5) is 5.69 Å². The quantitative estimate of drug-likeness (QED) is 0.612. The van der Waals surface area contributed by atoms with Gasteiger partial charge in [-0.3, -0.25) is 14.9 Å². The van der Waals surface area contributed by atoms with E-state index in [2.05, 4.69) is 0 Å². The van der Waals surface area contributed by atoms with Crippen LogP contribution in [0.25, 0.3) is 0 Å². The molecule has 1 fully saturated rings. The van der Waals surface area contributed by atoms with E-state index < -0.39 is 20.7 Å². The maximum Gasteiger partial charge on any atom is 0.270 e. The molecule has 1 amide bonds. The van der Waals surface area contributed by atoms with Crippen LogP contribution < -0.4 is 0 Å². The van der Waals surface area contributed by atoms with Gasteiger partial charge in [0.2, 0.25) is 0 Å². The molecule has 2 rings (SSSR count). The van der Waals surface area contributed by atoms with Gasteiger partial charge in [-0.05, 0) is 19.4 Å². The highest BCUT2D eigenvalue weighted by Gasteiger charge is 2.34. The van der Waals surface area contributed by atoms with Crippen molar-refractivity contribution in [2.24, 2.45) is 0 Å². The van der Waals surface area contributed by atoms with Gasteiger partial charge in [0.25, 0.3) is 11.6 Å². The van der Waals surface area contributed by atoms with E-state index in [4.69, 9.17) is 11.6 Å². The summed E-state index contributed by atoms with van der Waals surface area (Å²) in [6.45, 7) is 2.09. The zero-order valence-corrected chi connectivity index (χ0v) is 13.4. The molecule has 1 aromatic carbocycles. The second-order valence-electron chi connectivity index (χ2n) is 5.07. The lowest BCUT2D eigenvalue weighted by atomic mass is 10.1. The Bertz CT molecular complexity index is 719. The minimum absolute atomic E-state index is 0.0153. The Balaban J connectivity index is 2.28. The number of halogens is 1. The van der Waals surface area contributed by atoms with Crippen LogP contribution in [0.1, 0.15) is 23.7 Å². The van der Waals surface area contributed by atoms with Gasteiger partial charge in [0.1, 0.15) is 0 Å². The Morgan fingerprint density at radius 1 is 1.50 bits per heavy atom. The molecule has 1 saturated heterocycles. The summed E-state index contributed by atoms with van der Waals surface area (Å²) in [5.41, 5.74) is -0.0635. The molecule has 0 N–H and O–H groups in total. The predicted octanol–water partition coefficient (Wildman–Crippen LogP) is 1.90. The van der Waals surface area contributed by atoms with E-state index in [9.17, 15) is 23.3 Å². The largest absolute Gasteiger partial charge is 0.335 e. The summed E-state index contributed by atoms with van der Waals surface area (Å²) >= 11 is 5.96. The Morgan fingerprint density at radius 2 is 2.18 bits per heavy atom. The highest BCUT2D eigenvalue weighted by molar-refractivity contribution is 7.91. The van der Waals surface area contributed by atoms with Crippen molar-refractivity contribution in [3.8, 4) is 0 Å². The molecule has 0 aliphatic carbocycles. The first-order chi connectivity index (χ1) is 10.2. The number of nitrogens with zero attached hydrogens (tertiary/aromatic N) is 2. The number of benzene rings is 1. The number of carbonyl (C=O) groups is 1. The second kappa shape index (κ2) is 6.21. The molecular weight excluding hydrogens is 332 g/mol.